The fourth-order valence-corrected chi connectivity index (χ4v) is 3.80. The third-order valence-corrected chi connectivity index (χ3v) is 6.32. The minimum Gasteiger partial charge on any atom is -0.491 e. The smallest absolute Gasteiger partial charge is 0.491 e. The number of hydrogen-bond donors (Lipinski definition) is 1. The Kier molecular flexibility index (Phi) is 5.68. The van der Waals surface area contributed by atoms with Crippen LogP contribution >= 0.6 is 0 Å². The Labute approximate surface area is 173 Å². The maximum absolute atomic E-state index is 12.7. The van der Waals surface area contributed by atoms with Crippen molar-refractivity contribution in [1.29, 1.82) is 0 Å². The standard InChI is InChI=1S/C20H27BN2O5S/c1-14(2)26-17-11-12-22-18(13-17)29(24,25)23-16-9-7-15(8-10-16)21-27-19(3,4)20(5,6)28-21/h7-14,23H,1-6H3. The van der Waals surface area contributed by atoms with Crippen molar-refractivity contribution in [3.05, 3.63) is 42.6 Å². The van der Waals surface area contributed by atoms with Crippen LogP contribution in [0.5, 0.6) is 5.75 Å². The Hall–Kier alpha value is -2.10. The monoisotopic (exact) mass is 418 g/mol. The van der Waals surface area contributed by atoms with E-state index >= 15 is 0 Å². The van der Waals surface area contributed by atoms with Gasteiger partial charge in [0.1, 0.15) is 5.75 Å². The van der Waals surface area contributed by atoms with E-state index in [4.69, 9.17) is 14.0 Å². The van der Waals surface area contributed by atoms with Gasteiger partial charge >= 0.3 is 7.12 Å². The maximum Gasteiger partial charge on any atom is 0.494 e. The van der Waals surface area contributed by atoms with Crippen molar-refractivity contribution in [1.82, 2.24) is 4.98 Å². The van der Waals surface area contributed by atoms with E-state index in [0.717, 1.165) is 5.46 Å². The molecule has 2 heterocycles. The fourth-order valence-electron chi connectivity index (χ4n) is 2.78. The van der Waals surface area contributed by atoms with Gasteiger partial charge in [-0.3, -0.25) is 4.72 Å². The molecule has 1 saturated heterocycles. The Morgan fingerprint density at radius 1 is 1.03 bits per heavy atom. The third kappa shape index (κ3) is 4.74. The number of aromatic nitrogens is 1. The van der Waals surface area contributed by atoms with Gasteiger partial charge in [0.25, 0.3) is 10.0 Å². The number of rotatable bonds is 6. The summed E-state index contributed by atoms with van der Waals surface area (Å²) in [6, 6.07) is 9.94. The molecule has 1 aliphatic heterocycles. The van der Waals surface area contributed by atoms with Gasteiger partial charge in [0.2, 0.25) is 0 Å². The predicted octanol–water partition coefficient (Wildman–Crippen LogP) is 2.97. The lowest BCUT2D eigenvalue weighted by Crippen LogP contribution is -2.41. The number of sulfonamides is 1. The highest BCUT2D eigenvalue weighted by Crippen LogP contribution is 2.36. The van der Waals surface area contributed by atoms with Gasteiger partial charge in [-0.25, -0.2) is 4.98 Å². The summed E-state index contributed by atoms with van der Waals surface area (Å²) in [5, 5.41) is -0.106. The lowest BCUT2D eigenvalue weighted by atomic mass is 9.79. The van der Waals surface area contributed by atoms with Crippen LogP contribution in [-0.2, 0) is 19.3 Å². The van der Waals surface area contributed by atoms with Crippen LogP contribution in [0, 0.1) is 0 Å². The van der Waals surface area contributed by atoms with Crippen LogP contribution in [0.25, 0.3) is 0 Å². The second-order valence-corrected chi connectivity index (χ2v) is 9.94. The number of benzene rings is 1. The lowest BCUT2D eigenvalue weighted by molar-refractivity contribution is 0.00578. The molecule has 1 aromatic heterocycles. The van der Waals surface area contributed by atoms with Crippen molar-refractivity contribution in [3.63, 3.8) is 0 Å². The van der Waals surface area contributed by atoms with Gasteiger partial charge in [-0.15, -0.1) is 0 Å². The first kappa shape index (κ1) is 21.6. The van der Waals surface area contributed by atoms with Crippen LogP contribution in [0.4, 0.5) is 5.69 Å². The summed E-state index contributed by atoms with van der Waals surface area (Å²) >= 11 is 0. The molecule has 0 radical (unpaired) electrons. The quantitative estimate of drug-likeness (QED) is 0.726. The number of anilines is 1. The van der Waals surface area contributed by atoms with Crippen LogP contribution in [0.3, 0.4) is 0 Å². The minimum atomic E-state index is -3.84. The van der Waals surface area contributed by atoms with Gasteiger partial charge in [-0.2, -0.15) is 8.42 Å². The molecule has 1 N–H and O–H groups in total. The van der Waals surface area contributed by atoms with Crippen LogP contribution < -0.4 is 14.9 Å². The number of nitrogens with zero attached hydrogens (tertiary/aromatic N) is 1. The van der Waals surface area contributed by atoms with Gasteiger partial charge in [0, 0.05) is 18.0 Å². The molecule has 2 aromatic rings. The zero-order valence-corrected chi connectivity index (χ0v) is 18.4. The molecular weight excluding hydrogens is 391 g/mol. The summed E-state index contributed by atoms with van der Waals surface area (Å²) in [6.45, 7) is 11.7. The summed E-state index contributed by atoms with van der Waals surface area (Å²) in [5.41, 5.74) is 0.360. The first-order valence-electron chi connectivity index (χ1n) is 9.51. The predicted molar refractivity (Wildman–Crippen MR) is 113 cm³/mol. The molecule has 0 unspecified atom stereocenters. The largest absolute Gasteiger partial charge is 0.494 e. The summed E-state index contributed by atoms with van der Waals surface area (Å²) in [7, 11) is -4.35. The summed E-state index contributed by atoms with van der Waals surface area (Å²) in [5.74, 6) is 0.450. The van der Waals surface area contributed by atoms with Gasteiger partial charge in [-0.05, 0) is 65.2 Å². The number of ether oxygens (including phenoxy) is 1. The molecule has 0 spiro atoms. The van der Waals surface area contributed by atoms with Crippen LogP contribution in [0.2, 0.25) is 0 Å². The molecule has 156 valence electrons. The summed E-state index contributed by atoms with van der Waals surface area (Å²) in [6.07, 6.45) is 1.34. The lowest BCUT2D eigenvalue weighted by Gasteiger charge is -2.32. The van der Waals surface area contributed by atoms with E-state index in [1.165, 1.54) is 12.3 Å². The Morgan fingerprint density at radius 2 is 1.62 bits per heavy atom. The summed E-state index contributed by atoms with van der Waals surface area (Å²) in [4.78, 5) is 3.96. The Bertz CT molecular complexity index is 959. The van der Waals surface area contributed by atoms with Crippen LogP contribution in [-0.4, -0.2) is 37.8 Å². The highest BCUT2D eigenvalue weighted by molar-refractivity contribution is 7.92. The normalized spacial score (nSPS) is 18.1. The van der Waals surface area contributed by atoms with E-state index in [1.54, 1.807) is 30.3 Å². The van der Waals surface area contributed by atoms with Crippen molar-refractivity contribution in [2.75, 3.05) is 4.72 Å². The molecule has 3 rings (SSSR count). The Morgan fingerprint density at radius 3 is 2.17 bits per heavy atom. The van der Waals surface area contributed by atoms with E-state index < -0.39 is 28.3 Å². The average molecular weight is 418 g/mol. The fraction of sp³-hybridized carbons (Fsp3) is 0.450. The van der Waals surface area contributed by atoms with E-state index in [1.807, 2.05) is 41.5 Å². The van der Waals surface area contributed by atoms with Crippen LogP contribution in [0.1, 0.15) is 41.5 Å². The van der Waals surface area contributed by atoms with E-state index in [2.05, 4.69) is 9.71 Å². The van der Waals surface area contributed by atoms with Crippen molar-refractivity contribution in [2.45, 2.75) is 63.9 Å². The van der Waals surface area contributed by atoms with Crippen molar-refractivity contribution in [2.24, 2.45) is 0 Å². The van der Waals surface area contributed by atoms with Gasteiger partial charge in [-0.1, -0.05) is 12.1 Å². The third-order valence-electron chi connectivity index (χ3n) is 5.04. The number of pyridine rings is 1. The highest BCUT2D eigenvalue weighted by Gasteiger charge is 2.51. The van der Waals surface area contributed by atoms with E-state index in [9.17, 15) is 8.42 Å². The van der Waals surface area contributed by atoms with Gasteiger partial charge in [0.15, 0.2) is 5.03 Å². The first-order valence-corrected chi connectivity index (χ1v) is 11.0. The number of hydrogen-bond acceptors (Lipinski definition) is 6. The maximum atomic E-state index is 12.7. The molecule has 0 bridgehead atoms. The molecule has 0 aliphatic carbocycles. The molecule has 0 atom stereocenters. The molecule has 7 nitrogen and oxygen atoms in total. The molecule has 1 aromatic carbocycles. The molecular formula is C20H27BN2O5S. The molecule has 0 amide bonds. The topological polar surface area (TPSA) is 86.8 Å². The Balaban J connectivity index is 1.74. The second kappa shape index (κ2) is 7.62. The zero-order valence-electron chi connectivity index (χ0n) is 17.6. The van der Waals surface area contributed by atoms with Crippen molar-refractivity contribution < 1.29 is 22.5 Å². The molecule has 0 saturated carbocycles. The molecule has 1 aliphatic rings. The van der Waals surface area contributed by atoms with Gasteiger partial charge < -0.3 is 14.0 Å². The van der Waals surface area contributed by atoms with E-state index in [-0.39, 0.29) is 11.1 Å². The first-order chi connectivity index (χ1) is 13.4. The molecule has 29 heavy (non-hydrogen) atoms. The average Bonchev–Trinajstić information content (AvgIpc) is 2.82. The zero-order chi connectivity index (χ0) is 21.4. The number of nitrogens with one attached hydrogen (secondary N) is 1. The van der Waals surface area contributed by atoms with Crippen molar-refractivity contribution >= 4 is 28.3 Å². The molecule has 9 heteroatoms. The summed E-state index contributed by atoms with van der Waals surface area (Å²) < 4.78 is 45.5. The van der Waals surface area contributed by atoms with Crippen LogP contribution in [0.15, 0.2) is 47.6 Å². The highest BCUT2D eigenvalue weighted by atomic mass is 32.2. The minimum absolute atomic E-state index is 0.0663. The van der Waals surface area contributed by atoms with Gasteiger partial charge in [0.05, 0.1) is 17.3 Å². The van der Waals surface area contributed by atoms with Crippen molar-refractivity contribution in [3.8, 4) is 5.75 Å². The second-order valence-electron chi connectivity index (χ2n) is 8.31. The molecule has 1 fully saturated rings. The SMILES string of the molecule is CC(C)Oc1ccnc(S(=O)(=O)Nc2ccc(B3OC(C)(C)C(C)(C)O3)cc2)c1. The van der Waals surface area contributed by atoms with E-state index in [0.29, 0.717) is 11.4 Å².